The van der Waals surface area contributed by atoms with Crippen molar-refractivity contribution in [2.24, 2.45) is 0 Å². The first-order valence-electron chi connectivity index (χ1n) is 7.83. The summed E-state index contributed by atoms with van der Waals surface area (Å²) >= 11 is 0. The smallest absolute Gasteiger partial charge is 0.323 e. The van der Waals surface area contributed by atoms with Crippen molar-refractivity contribution in [2.75, 3.05) is 20.8 Å². The normalized spacial score (nSPS) is 10.3. The Kier molecular flexibility index (Phi) is 6.16. The number of carboxylic acid groups (broad SMARTS) is 1. The molecule has 7 heteroatoms. The maximum Gasteiger partial charge on any atom is 0.323 e. The predicted molar refractivity (Wildman–Crippen MR) is 93.1 cm³/mol. The lowest BCUT2D eigenvalue weighted by Gasteiger charge is -2.22. The van der Waals surface area contributed by atoms with Gasteiger partial charge < -0.3 is 19.5 Å². The van der Waals surface area contributed by atoms with Crippen molar-refractivity contribution >= 4 is 11.9 Å². The molecule has 0 aromatic heterocycles. The molecule has 0 atom stereocenters. The Hall–Kier alpha value is -3.09. The highest BCUT2D eigenvalue weighted by atomic mass is 19.1. The van der Waals surface area contributed by atoms with Crippen LogP contribution in [-0.4, -0.2) is 42.6 Å². The van der Waals surface area contributed by atoms with E-state index in [2.05, 4.69) is 0 Å². The van der Waals surface area contributed by atoms with Gasteiger partial charge in [-0.1, -0.05) is 6.07 Å². The Morgan fingerprint density at radius 3 is 2.19 bits per heavy atom. The lowest BCUT2D eigenvalue weighted by Crippen LogP contribution is -2.35. The van der Waals surface area contributed by atoms with Crippen LogP contribution in [0.1, 0.15) is 21.5 Å². The van der Waals surface area contributed by atoms with Crippen LogP contribution in [0.25, 0.3) is 0 Å². The van der Waals surface area contributed by atoms with Gasteiger partial charge in [0.25, 0.3) is 5.91 Å². The van der Waals surface area contributed by atoms with Crippen LogP contribution >= 0.6 is 0 Å². The summed E-state index contributed by atoms with van der Waals surface area (Å²) in [5, 5.41) is 9.14. The molecule has 2 aromatic carbocycles. The molecule has 0 aliphatic heterocycles. The summed E-state index contributed by atoms with van der Waals surface area (Å²) in [6, 6.07) is 9.10. The maximum atomic E-state index is 13.8. The summed E-state index contributed by atoms with van der Waals surface area (Å²) < 4.78 is 24.1. The van der Waals surface area contributed by atoms with Gasteiger partial charge in [0, 0.05) is 18.2 Å². The Labute approximate surface area is 150 Å². The number of methoxy groups -OCH3 is 2. The second-order valence-electron chi connectivity index (χ2n) is 5.74. The van der Waals surface area contributed by atoms with Gasteiger partial charge in [0.15, 0.2) is 0 Å². The molecule has 0 saturated heterocycles. The van der Waals surface area contributed by atoms with E-state index in [1.807, 2.05) is 0 Å². The molecular formula is C19H20FNO5. The van der Waals surface area contributed by atoms with Crippen molar-refractivity contribution < 1.29 is 28.6 Å². The van der Waals surface area contributed by atoms with E-state index in [0.717, 1.165) is 11.0 Å². The van der Waals surface area contributed by atoms with Crippen LogP contribution < -0.4 is 9.47 Å². The highest BCUT2D eigenvalue weighted by molar-refractivity contribution is 5.95. The van der Waals surface area contributed by atoms with Gasteiger partial charge in [-0.2, -0.15) is 0 Å². The van der Waals surface area contributed by atoms with E-state index in [9.17, 15) is 14.0 Å². The molecule has 1 amide bonds. The molecule has 1 N–H and O–H groups in total. The number of aliphatic carboxylic acids is 1. The predicted octanol–water partition coefficient (Wildman–Crippen LogP) is 2.88. The molecule has 0 heterocycles. The van der Waals surface area contributed by atoms with E-state index >= 15 is 0 Å². The highest BCUT2D eigenvalue weighted by Crippen LogP contribution is 2.24. The van der Waals surface area contributed by atoms with Crippen LogP contribution in [0.5, 0.6) is 11.5 Å². The summed E-state index contributed by atoms with van der Waals surface area (Å²) in [4.78, 5) is 25.0. The molecule has 138 valence electrons. The first-order valence-corrected chi connectivity index (χ1v) is 7.83. The van der Waals surface area contributed by atoms with Crippen molar-refractivity contribution in [3.8, 4) is 11.5 Å². The number of rotatable bonds is 7. The maximum absolute atomic E-state index is 13.8. The lowest BCUT2D eigenvalue weighted by molar-refractivity contribution is -0.137. The fourth-order valence-electron chi connectivity index (χ4n) is 2.45. The van der Waals surface area contributed by atoms with Gasteiger partial charge in [0.05, 0.1) is 14.2 Å². The van der Waals surface area contributed by atoms with Gasteiger partial charge in [-0.25, -0.2) is 4.39 Å². The molecule has 0 bridgehead atoms. The van der Waals surface area contributed by atoms with Crippen molar-refractivity contribution in [1.82, 2.24) is 4.90 Å². The van der Waals surface area contributed by atoms with Gasteiger partial charge in [-0.15, -0.1) is 0 Å². The number of carbonyl (C=O) groups is 2. The third-order valence-corrected chi connectivity index (χ3v) is 3.82. The first-order chi connectivity index (χ1) is 12.3. The van der Waals surface area contributed by atoms with E-state index < -0.39 is 24.2 Å². The number of benzene rings is 2. The minimum atomic E-state index is -1.17. The van der Waals surface area contributed by atoms with Crippen molar-refractivity contribution in [3.63, 3.8) is 0 Å². The number of hydrogen-bond acceptors (Lipinski definition) is 4. The van der Waals surface area contributed by atoms with Gasteiger partial charge in [-0.05, 0) is 42.3 Å². The molecule has 6 nitrogen and oxygen atoms in total. The second-order valence-corrected chi connectivity index (χ2v) is 5.74. The van der Waals surface area contributed by atoms with Gasteiger partial charge in [0.1, 0.15) is 23.9 Å². The number of halogens is 1. The minimum absolute atomic E-state index is 0.00812. The Bertz CT molecular complexity index is 799. The van der Waals surface area contributed by atoms with Crippen LogP contribution in [0.2, 0.25) is 0 Å². The molecule has 0 aliphatic rings. The monoisotopic (exact) mass is 361 g/mol. The fraction of sp³-hybridized carbons (Fsp3) is 0.263. The van der Waals surface area contributed by atoms with Gasteiger partial charge >= 0.3 is 5.97 Å². The van der Waals surface area contributed by atoms with E-state index in [0.29, 0.717) is 22.6 Å². The number of ether oxygens (including phenoxy) is 2. The number of amides is 1. The average molecular weight is 361 g/mol. The number of hydrogen-bond donors (Lipinski definition) is 1. The molecular weight excluding hydrogens is 341 g/mol. The van der Waals surface area contributed by atoms with Gasteiger partial charge in [-0.3, -0.25) is 9.59 Å². The zero-order valence-electron chi connectivity index (χ0n) is 14.8. The standard InChI is InChI=1S/C19H20FNO5/c1-12-4-5-14(8-17(12)20)19(24)21(11-18(22)23)10-13-6-15(25-2)9-16(7-13)26-3/h4-9H,10-11H2,1-3H3,(H,22,23). The molecule has 0 saturated carbocycles. The van der Waals surface area contributed by atoms with E-state index in [1.54, 1.807) is 25.1 Å². The second kappa shape index (κ2) is 8.33. The molecule has 0 unspecified atom stereocenters. The molecule has 26 heavy (non-hydrogen) atoms. The number of aryl methyl sites for hydroxylation is 1. The number of carboxylic acids is 1. The summed E-state index contributed by atoms with van der Waals surface area (Å²) in [5.41, 5.74) is 1.12. The molecule has 0 radical (unpaired) electrons. The fourth-order valence-corrected chi connectivity index (χ4v) is 2.45. The van der Waals surface area contributed by atoms with Crippen LogP contribution in [0.15, 0.2) is 36.4 Å². The Morgan fingerprint density at radius 2 is 1.69 bits per heavy atom. The average Bonchev–Trinajstić information content (AvgIpc) is 2.62. The van der Waals surface area contributed by atoms with Crippen molar-refractivity contribution in [2.45, 2.75) is 13.5 Å². The summed E-state index contributed by atoms with van der Waals surface area (Å²) in [6.45, 7) is 1.07. The topological polar surface area (TPSA) is 76.1 Å². The van der Waals surface area contributed by atoms with Crippen LogP contribution in [0, 0.1) is 12.7 Å². The van der Waals surface area contributed by atoms with Crippen molar-refractivity contribution in [3.05, 3.63) is 58.9 Å². The number of nitrogens with zero attached hydrogens (tertiary/aromatic N) is 1. The summed E-state index contributed by atoms with van der Waals surface area (Å²) in [6.07, 6.45) is 0. The Balaban J connectivity index is 2.33. The zero-order valence-corrected chi connectivity index (χ0v) is 14.8. The molecule has 0 fully saturated rings. The summed E-state index contributed by atoms with van der Waals surface area (Å²) in [7, 11) is 2.99. The third-order valence-electron chi connectivity index (χ3n) is 3.82. The molecule has 2 rings (SSSR count). The minimum Gasteiger partial charge on any atom is -0.497 e. The van der Waals surface area contributed by atoms with Crippen LogP contribution in [0.4, 0.5) is 4.39 Å². The van der Waals surface area contributed by atoms with E-state index in [-0.39, 0.29) is 12.1 Å². The third kappa shape index (κ3) is 4.72. The Morgan fingerprint density at radius 1 is 1.08 bits per heavy atom. The first kappa shape index (κ1) is 19.2. The number of carbonyl (C=O) groups excluding carboxylic acids is 1. The molecule has 0 spiro atoms. The van der Waals surface area contributed by atoms with Crippen molar-refractivity contribution in [1.29, 1.82) is 0 Å². The molecule has 0 aliphatic carbocycles. The van der Waals surface area contributed by atoms with Gasteiger partial charge in [0.2, 0.25) is 0 Å². The lowest BCUT2D eigenvalue weighted by atomic mass is 10.1. The van der Waals surface area contributed by atoms with Crippen LogP contribution in [-0.2, 0) is 11.3 Å². The zero-order chi connectivity index (χ0) is 19.3. The van der Waals surface area contributed by atoms with Crippen LogP contribution in [0.3, 0.4) is 0 Å². The van der Waals surface area contributed by atoms with E-state index in [1.165, 1.54) is 26.4 Å². The quantitative estimate of drug-likeness (QED) is 0.821. The molecule has 2 aromatic rings. The highest BCUT2D eigenvalue weighted by Gasteiger charge is 2.20. The largest absolute Gasteiger partial charge is 0.497 e. The van der Waals surface area contributed by atoms with E-state index in [4.69, 9.17) is 14.6 Å². The summed E-state index contributed by atoms with van der Waals surface area (Å²) in [5.74, 6) is -1.23. The SMILES string of the molecule is COc1cc(CN(CC(=O)O)C(=O)c2ccc(C)c(F)c2)cc(OC)c1.